The molecular weight excluding hydrogens is 234 g/mol. The Morgan fingerprint density at radius 1 is 1.21 bits per heavy atom. The second kappa shape index (κ2) is 6.02. The first-order valence-corrected chi connectivity index (χ1v) is 7.00. The van der Waals surface area contributed by atoms with Gasteiger partial charge in [-0.15, -0.1) is 0 Å². The van der Waals surface area contributed by atoms with Crippen LogP contribution in [0.4, 0.5) is 0 Å². The maximum absolute atomic E-state index is 4.39. The zero-order valence-electron chi connectivity index (χ0n) is 12.3. The monoisotopic (exact) mass is 257 g/mol. The number of nitrogens with zero attached hydrogens (tertiary/aromatic N) is 2. The molecule has 0 aliphatic rings. The molecule has 1 unspecified atom stereocenters. The van der Waals surface area contributed by atoms with E-state index in [9.17, 15) is 0 Å². The Kier molecular flexibility index (Phi) is 4.38. The molecule has 1 heterocycles. The Bertz CT molecular complexity index is 543. The maximum Gasteiger partial charge on any atom is 0.0750 e. The number of rotatable bonds is 5. The van der Waals surface area contributed by atoms with E-state index in [2.05, 4.69) is 67.1 Å². The number of aromatic nitrogens is 2. The maximum atomic E-state index is 4.39. The van der Waals surface area contributed by atoms with E-state index in [1.165, 1.54) is 22.4 Å². The van der Waals surface area contributed by atoms with Crippen LogP contribution in [0.1, 0.15) is 42.3 Å². The molecule has 0 saturated heterocycles. The summed E-state index contributed by atoms with van der Waals surface area (Å²) >= 11 is 0. The van der Waals surface area contributed by atoms with Gasteiger partial charge in [0.2, 0.25) is 0 Å². The van der Waals surface area contributed by atoms with Gasteiger partial charge in [0.05, 0.1) is 11.7 Å². The molecule has 19 heavy (non-hydrogen) atoms. The summed E-state index contributed by atoms with van der Waals surface area (Å²) in [5, 5.41) is 7.98. The van der Waals surface area contributed by atoms with Crippen molar-refractivity contribution in [3.63, 3.8) is 0 Å². The van der Waals surface area contributed by atoms with Crippen LogP contribution in [-0.4, -0.2) is 16.3 Å². The Labute approximate surface area is 115 Å². The summed E-state index contributed by atoms with van der Waals surface area (Å²) in [4.78, 5) is 0. The largest absolute Gasteiger partial charge is 0.305 e. The summed E-state index contributed by atoms with van der Waals surface area (Å²) < 4.78 is 2.06. The van der Waals surface area contributed by atoms with E-state index in [4.69, 9.17) is 0 Å². The van der Waals surface area contributed by atoms with E-state index in [1.54, 1.807) is 0 Å². The van der Waals surface area contributed by atoms with Gasteiger partial charge in [0.15, 0.2) is 0 Å². The van der Waals surface area contributed by atoms with Crippen molar-refractivity contribution in [1.82, 2.24) is 15.1 Å². The van der Waals surface area contributed by atoms with Crippen LogP contribution < -0.4 is 5.32 Å². The molecule has 0 amide bonds. The van der Waals surface area contributed by atoms with Crippen molar-refractivity contribution in [3.8, 4) is 0 Å². The van der Waals surface area contributed by atoms with E-state index >= 15 is 0 Å². The van der Waals surface area contributed by atoms with E-state index in [-0.39, 0.29) is 6.04 Å². The summed E-state index contributed by atoms with van der Waals surface area (Å²) in [7, 11) is 0. The standard InChI is InChI=1S/C16H23N3/c1-5-17-16(15-10-11-18-19(15)6-2)14-9-7-8-12(3)13(14)4/h7-11,16-17H,5-6H2,1-4H3. The first-order chi connectivity index (χ1) is 9.19. The average molecular weight is 257 g/mol. The molecule has 1 aromatic carbocycles. The molecule has 0 spiro atoms. The molecule has 0 fully saturated rings. The second-order valence-electron chi connectivity index (χ2n) is 4.85. The fourth-order valence-corrected chi connectivity index (χ4v) is 2.52. The van der Waals surface area contributed by atoms with Crippen LogP contribution in [0.3, 0.4) is 0 Å². The molecule has 0 aliphatic heterocycles. The molecule has 3 heteroatoms. The zero-order chi connectivity index (χ0) is 13.8. The van der Waals surface area contributed by atoms with Crippen LogP contribution in [0.25, 0.3) is 0 Å². The van der Waals surface area contributed by atoms with Gasteiger partial charge in [0.25, 0.3) is 0 Å². The lowest BCUT2D eigenvalue weighted by atomic mass is 9.95. The molecule has 2 rings (SSSR count). The lowest BCUT2D eigenvalue weighted by Crippen LogP contribution is -2.25. The third-order valence-electron chi connectivity index (χ3n) is 3.71. The van der Waals surface area contributed by atoms with Gasteiger partial charge >= 0.3 is 0 Å². The highest BCUT2D eigenvalue weighted by Gasteiger charge is 2.19. The molecule has 1 aromatic heterocycles. The Balaban J connectivity index is 2.48. The van der Waals surface area contributed by atoms with Crippen molar-refractivity contribution in [3.05, 3.63) is 52.8 Å². The van der Waals surface area contributed by atoms with Gasteiger partial charge in [-0.05, 0) is 50.1 Å². The quantitative estimate of drug-likeness (QED) is 0.891. The fourth-order valence-electron chi connectivity index (χ4n) is 2.52. The minimum atomic E-state index is 0.215. The average Bonchev–Trinajstić information content (AvgIpc) is 2.88. The number of benzene rings is 1. The van der Waals surface area contributed by atoms with E-state index in [0.29, 0.717) is 0 Å². The third kappa shape index (κ3) is 2.71. The number of nitrogens with one attached hydrogen (secondary N) is 1. The highest BCUT2D eigenvalue weighted by atomic mass is 15.3. The zero-order valence-corrected chi connectivity index (χ0v) is 12.3. The van der Waals surface area contributed by atoms with Gasteiger partial charge in [-0.25, -0.2) is 0 Å². The van der Waals surface area contributed by atoms with Crippen LogP contribution in [0.2, 0.25) is 0 Å². The summed E-state index contributed by atoms with van der Waals surface area (Å²) in [5.41, 5.74) is 5.27. The van der Waals surface area contributed by atoms with Gasteiger partial charge < -0.3 is 5.32 Å². The normalized spacial score (nSPS) is 12.6. The molecule has 1 atom stereocenters. The molecule has 0 saturated carbocycles. The van der Waals surface area contributed by atoms with Gasteiger partial charge in [-0.3, -0.25) is 4.68 Å². The lowest BCUT2D eigenvalue weighted by molar-refractivity contribution is 0.541. The third-order valence-corrected chi connectivity index (χ3v) is 3.71. The van der Waals surface area contributed by atoms with Gasteiger partial charge in [-0.2, -0.15) is 5.10 Å². The van der Waals surface area contributed by atoms with Crippen LogP contribution >= 0.6 is 0 Å². The van der Waals surface area contributed by atoms with E-state index < -0.39 is 0 Å². The smallest absolute Gasteiger partial charge is 0.0750 e. The summed E-state index contributed by atoms with van der Waals surface area (Å²) in [6.45, 7) is 10.5. The first kappa shape index (κ1) is 13.8. The highest BCUT2D eigenvalue weighted by molar-refractivity contribution is 5.39. The highest BCUT2D eigenvalue weighted by Crippen LogP contribution is 2.26. The Morgan fingerprint density at radius 3 is 2.68 bits per heavy atom. The van der Waals surface area contributed by atoms with Crippen molar-refractivity contribution < 1.29 is 0 Å². The topological polar surface area (TPSA) is 29.9 Å². The fraction of sp³-hybridized carbons (Fsp3) is 0.438. The van der Waals surface area contributed by atoms with Gasteiger partial charge in [0, 0.05) is 12.7 Å². The molecule has 1 N–H and O–H groups in total. The minimum Gasteiger partial charge on any atom is -0.305 e. The summed E-state index contributed by atoms with van der Waals surface area (Å²) in [6.07, 6.45) is 1.88. The minimum absolute atomic E-state index is 0.215. The molecule has 0 bridgehead atoms. The van der Waals surface area contributed by atoms with Gasteiger partial charge in [0.1, 0.15) is 0 Å². The van der Waals surface area contributed by atoms with Crippen LogP contribution in [0.15, 0.2) is 30.5 Å². The van der Waals surface area contributed by atoms with Crippen LogP contribution in [0, 0.1) is 13.8 Å². The molecule has 0 aliphatic carbocycles. The molecule has 0 radical (unpaired) electrons. The van der Waals surface area contributed by atoms with E-state index in [1.807, 2.05) is 6.20 Å². The Hall–Kier alpha value is -1.61. The summed E-state index contributed by atoms with van der Waals surface area (Å²) in [5.74, 6) is 0. The van der Waals surface area contributed by atoms with E-state index in [0.717, 1.165) is 13.1 Å². The second-order valence-corrected chi connectivity index (χ2v) is 4.85. The predicted octanol–water partition coefficient (Wildman–Crippen LogP) is 3.22. The first-order valence-electron chi connectivity index (χ1n) is 7.00. The van der Waals surface area contributed by atoms with Crippen molar-refractivity contribution in [1.29, 1.82) is 0 Å². The summed E-state index contributed by atoms with van der Waals surface area (Å²) in [6, 6.07) is 8.84. The molecule has 2 aromatic rings. The number of hydrogen-bond acceptors (Lipinski definition) is 2. The molecular formula is C16H23N3. The van der Waals surface area contributed by atoms with Crippen molar-refractivity contribution in [2.24, 2.45) is 0 Å². The van der Waals surface area contributed by atoms with Gasteiger partial charge in [-0.1, -0.05) is 25.1 Å². The predicted molar refractivity (Wildman–Crippen MR) is 79.3 cm³/mol. The van der Waals surface area contributed by atoms with Crippen molar-refractivity contribution in [2.45, 2.75) is 40.3 Å². The van der Waals surface area contributed by atoms with Crippen LogP contribution in [0.5, 0.6) is 0 Å². The number of aryl methyl sites for hydroxylation is 2. The van der Waals surface area contributed by atoms with Crippen LogP contribution in [-0.2, 0) is 6.54 Å². The SMILES string of the molecule is CCNC(c1cccc(C)c1C)c1ccnn1CC. The van der Waals surface area contributed by atoms with Crippen molar-refractivity contribution >= 4 is 0 Å². The number of hydrogen-bond donors (Lipinski definition) is 1. The lowest BCUT2D eigenvalue weighted by Gasteiger charge is -2.22. The molecule has 3 nitrogen and oxygen atoms in total. The Morgan fingerprint density at radius 2 is 2.00 bits per heavy atom. The van der Waals surface area contributed by atoms with Crippen molar-refractivity contribution in [2.75, 3.05) is 6.54 Å². The molecule has 102 valence electrons.